The number of carboxylic acid groups (broad SMARTS) is 1. The molecular weight excluding hydrogens is 388 g/mol. The van der Waals surface area contributed by atoms with Crippen molar-refractivity contribution in [2.24, 2.45) is 5.92 Å². The van der Waals surface area contributed by atoms with Gasteiger partial charge in [0.15, 0.2) is 5.82 Å². The molecule has 0 unspecified atom stereocenters. The zero-order valence-electron chi connectivity index (χ0n) is 16.6. The molecule has 0 radical (unpaired) electrons. The van der Waals surface area contributed by atoms with Crippen LogP contribution in [0.1, 0.15) is 49.8 Å². The summed E-state index contributed by atoms with van der Waals surface area (Å²) in [6.07, 6.45) is 2.55. The molecule has 1 saturated carbocycles. The van der Waals surface area contributed by atoms with Gasteiger partial charge >= 0.3 is 5.97 Å². The minimum Gasteiger partial charge on any atom is -0.481 e. The summed E-state index contributed by atoms with van der Waals surface area (Å²) in [6, 6.07) is 8.04. The molecule has 2 aromatic carbocycles. The molecule has 7 heteroatoms. The van der Waals surface area contributed by atoms with Gasteiger partial charge in [0.1, 0.15) is 11.3 Å². The second-order valence-electron chi connectivity index (χ2n) is 8.39. The normalized spacial score (nSPS) is 19.0. The van der Waals surface area contributed by atoms with Crippen LogP contribution in [-0.4, -0.2) is 25.8 Å². The van der Waals surface area contributed by atoms with E-state index in [9.17, 15) is 14.3 Å². The number of aliphatic carboxylic acids is 1. The number of fused-ring (bicyclic) bond motifs is 2. The van der Waals surface area contributed by atoms with Crippen molar-refractivity contribution in [3.8, 4) is 5.69 Å². The van der Waals surface area contributed by atoms with Gasteiger partial charge in [-0.25, -0.2) is 8.78 Å². The summed E-state index contributed by atoms with van der Waals surface area (Å²) >= 11 is 0. The number of aromatic amines is 1. The molecule has 0 atom stereocenters. The van der Waals surface area contributed by atoms with Crippen LogP contribution in [0.2, 0.25) is 0 Å². The maximum absolute atomic E-state index is 15.7. The number of rotatable bonds is 4. The number of nitrogens with one attached hydrogen (secondary N) is 1. The van der Waals surface area contributed by atoms with E-state index in [2.05, 4.69) is 10.2 Å². The van der Waals surface area contributed by atoms with Crippen LogP contribution in [0.5, 0.6) is 0 Å². The molecule has 1 fully saturated rings. The summed E-state index contributed by atoms with van der Waals surface area (Å²) in [5.74, 6) is -1.92. The summed E-state index contributed by atoms with van der Waals surface area (Å²) in [6.45, 7) is 4.08. The summed E-state index contributed by atoms with van der Waals surface area (Å²) in [5.41, 5.74) is 3.56. The van der Waals surface area contributed by atoms with Gasteiger partial charge in [-0.1, -0.05) is 13.8 Å². The van der Waals surface area contributed by atoms with Crippen LogP contribution in [0.3, 0.4) is 0 Å². The monoisotopic (exact) mass is 409 g/mol. The number of benzene rings is 2. The van der Waals surface area contributed by atoms with Crippen LogP contribution in [0.15, 0.2) is 36.5 Å². The Hall–Kier alpha value is -3.22. The van der Waals surface area contributed by atoms with E-state index in [0.717, 1.165) is 16.9 Å². The van der Waals surface area contributed by atoms with E-state index in [-0.39, 0.29) is 23.5 Å². The number of aromatic nitrogens is 3. The lowest BCUT2D eigenvalue weighted by Gasteiger charge is -2.34. The molecule has 0 aliphatic heterocycles. The Morgan fingerprint density at radius 2 is 1.93 bits per heavy atom. The number of nitrogens with zero attached hydrogens (tertiary/aromatic N) is 2. The van der Waals surface area contributed by atoms with Gasteiger partial charge in [-0.15, -0.1) is 0 Å². The van der Waals surface area contributed by atoms with Gasteiger partial charge < -0.3 is 9.67 Å². The van der Waals surface area contributed by atoms with Crippen molar-refractivity contribution in [2.75, 3.05) is 0 Å². The Morgan fingerprint density at radius 1 is 1.23 bits per heavy atom. The first kappa shape index (κ1) is 18.8. The minimum atomic E-state index is -0.809. The minimum absolute atomic E-state index is 0.0393. The molecule has 4 aromatic rings. The average Bonchev–Trinajstić information content (AvgIpc) is 3.25. The maximum Gasteiger partial charge on any atom is 0.306 e. The molecule has 5 nitrogen and oxygen atoms in total. The summed E-state index contributed by atoms with van der Waals surface area (Å²) in [7, 11) is 0. The zero-order valence-corrected chi connectivity index (χ0v) is 16.6. The molecule has 30 heavy (non-hydrogen) atoms. The topological polar surface area (TPSA) is 70.9 Å². The lowest BCUT2D eigenvalue weighted by molar-refractivity contribution is -0.145. The predicted octanol–water partition coefficient (Wildman–Crippen LogP) is 5.49. The highest BCUT2D eigenvalue weighted by molar-refractivity contribution is 6.00. The van der Waals surface area contributed by atoms with Gasteiger partial charge in [0.05, 0.1) is 17.6 Å². The smallest absolute Gasteiger partial charge is 0.306 e. The van der Waals surface area contributed by atoms with Crippen LogP contribution in [0.25, 0.3) is 27.5 Å². The third-order valence-electron chi connectivity index (χ3n) is 6.21. The van der Waals surface area contributed by atoms with E-state index in [1.54, 1.807) is 18.3 Å². The molecule has 2 N–H and O–H groups in total. The van der Waals surface area contributed by atoms with Gasteiger partial charge in [-0.2, -0.15) is 5.10 Å². The second-order valence-corrected chi connectivity index (χ2v) is 8.39. The Bertz CT molecular complexity index is 1280. The summed E-state index contributed by atoms with van der Waals surface area (Å²) in [5, 5.41) is 17.2. The quantitative estimate of drug-likeness (QED) is 0.468. The molecule has 0 bridgehead atoms. The van der Waals surface area contributed by atoms with Crippen molar-refractivity contribution in [2.45, 2.75) is 38.5 Å². The number of halogens is 2. The first-order valence-corrected chi connectivity index (χ1v) is 10.0. The molecule has 0 amide bonds. The number of carboxylic acids is 1. The Balaban J connectivity index is 1.85. The summed E-state index contributed by atoms with van der Waals surface area (Å²) < 4.78 is 31.3. The molecule has 0 saturated heterocycles. The lowest BCUT2D eigenvalue weighted by atomic mass is 9.70. The fourth-order valence-corrected chi connectivity index (χ4v) is 4.75. The largest absolute Gasteiger partial charge is 0.481 e. The van der Waals surface area contributed by atoms with Crippen LogP contribution in [0.4, 0.5) is 8.78 Å². The number of H-pyrrole nitrogens is 1. The van der Waals surface area contributed by atoms with E-state index in [1.165, 1.54) is 12.1 Å². The SMILES string of the molecule is CC(C)c1c(C2CC(C(=O)O)C2)c2c(F)c3[nH]ncc3cc2n1-c1ccc(F)cc1. The van der Waals surface area contributed by atoms with Crippen molar-refractivity contribution in [1.82, 2.24) is 14.8 Å². The first-order chi connectivity index (χ1) is 14.4. The van der Waals surface area contributed by atoms with Gasteiger partial charge in [-0.3, -0.25) is 9.89 Å². The fraction of sp³-hybridized carbons (Fsp3) is 0.304. The highest BCUT2D eigenvalue weighted by Gasteiger charge is 2.40. The van der Waals surface area contributed by atoms with E-state index in [4.69, 9.17) is 0 Å². The molecule has 5 rings (SSSR count). The van der Waals surface area contributed by atoms with Crippen molar-refractivity contribution in [3.05, 3.63) is 59.4 Å². The Labute approximate surface area is 171 Å². The van der Waals surface area contributed by atoms with Gasteiger partial charge in [-0.05, 0) is 60.6 Å². The van der Waals surface area contributed by atoms with Crippen molar-refractivity contribution >= 4 is 27.8 Å². The van der Waals surface area contributed by atoms with E-state index < -0.39 is 11.9 Å². The molecular formula is C23H21F2N3O2. The molecule has 1 aliphatic carbocycles. The van der Waals surface area contributed by atoms with Crippen LogP contribution in [0, 0.1) is 17.6 Å². The molecule has 0 spiro atoms. The van der Waals surface area contributed by atoms with E-state index >= 15 is 4.39 Å². The number of hydrogen-bond donors (Lipinski definition) is 2. The highest BCUT2D eigenvalue weighted by atomic mass is 19.1. The highest BCUT2D eigenvalue weighted by Crippen LogP contribution is 2.49. The molecule has 2 aromatic heterocycles. The third kappa shape index (κ3) is 2.65. The van der Waals surface area contributed by atoms with Gasteiger partial charge in [0.2, 0.25) is 0 Å². The van der Waals surface area contributed by atoms with Gasteiger partial charge in [0, 0.05) is 22.2 Å². The lowest BCUT2D eigenvalue weighted by Crippen LogP contribution is -2.29. The van der Waals surface area contributed by atoms with E-state index in [1.807, 2.05) is 24.5 Å². The number of hydrogen-bond acceptors (Lipinski definition) is 2. The Morgan fingerprint density at radius 3 is 2.57 bits per heavy atom. The van der Waals surface area contributed by atoms with Gasteiger partial charge in [0.25, 0.3) is 0 Å². The summed E-state index contributed by atoms with van der Waals surface area (Å²) in [4.78, 5) is 11.4. The standard InChI is InChI=1S/C23H21F2N3O2/c1-11(2)22-18(12-7-13(8-12)23(29)30)19-17(9-14-10-26-27-21(14)20(19)25)28(22)16-5-3-15(24)4-6-16/h3-6,9-13H,7-8H2,1-2H3,(H,26,27)(H,29,30). The zero-order chi connectivity index (χ0) is 21.2. The first-order valence-electron chi connectivity index (χ1n) is 10.0. The van der Waals surface area contributed by atoms with Crippen LogP contribution < -0.4 is 0 Å². The number of carbonyl (C=O) groups is 1. The predicted molar refractivity (Wildman–Crippen MR) is 110 cm³/mol. The van der Waals surface area contributed by atoms with Crippen LogP contribution >= 0.6 is 0 Å². The second kappa shape index (κ2) is 6.65. The van der Waals surface area contributed by atoms with Crippen molar-refractivity contribution < 1.29 is 18.7 Å². The van der Waals surface area contributed by atoms with Crippen molar-refractivity contribution in [1.29, 1.82) is 0 Å². The third-order valence-corrected chi connectivity index (χ3v) is 6.21. The molecule has 154 valence electrons. The fourth-order valence-electron chi connectivity index (χ4n) is 4.75. The maximum atomic E-state index is 15.7. The average molecular weight is 409 g/mol. The Kier molecular flexibility index (Phi) is 4.17. The van der Waals surface area contributed by atoms with Crippen LogP contribution in [-0.2, 0) is 4.79 Å². The molecule has 2 heterocycles. The molecule has 1 aliphatic rings. The van der Waals surface area contributed by atoms with Crippen molar-refractivity contribution in [3.63, 3.8) is 0 Å². The van der Waals surface area contributed by atoms with E-state index in [0.29, 0.717) is 34.6 Å².